The van der Waals surface area contributed by atoms with Crippen molar-refractivity contribution < 1.29 is 4.74 Å². The fraction of sp³-hybridized carbons (Fsp3) is 0.304. The van der Waals surface area contributed by atoms with E-state index in [0.717, 1.165) is 60.1 Å². The fourth-order valence-corrected chi connectivity index (χ4v) is 3.74. The number of nitrogens with one attached hydrogen (secondary N) is 1. The SMILES string of the molecule is CCc1nccn1Cc1cc(CN(C)Cc2nc3ccccc3[nH]2)ccc1OC. The van der Waals surface area contributed by atoms with Gasteiger partial charge in [0, 0.05) is 30.9 Å². The molecule has 0 atom stereocenters. The highest BCUT2D eigenvalue weighted by molar-refractivity contribution is 5.74. The average Bonchev–Trinajstić information content (AvgIpc) is 3.33. The Morgan fingerprint density at radius 1 is 1.14 bits per heavy atom. The summed E-state index contributed by atoms with van der Waals surface area (Å²) in [5.41, 5.74) is 4.50. The zero-order valence-corrected chi connectivity index (χ0v) is 17.2. The minimum atomic E-state index is 0.757. The lowest BCUT2D eigenvalue weighted by Gasteiger charge is -2.17. The van der Waals surface area contributed by atoms with Crippen LogP contribution in [-0.2, 0) is 26.1 Å². The standard InChI is InChI=1S/C23H27N5O/c1-4-23-24-11-12-28(23)15-18-13-17(9-10-21(18)29-3)14-27(2)16-22-25-19-7-5-6-8-20(19)26-22/h5-13H,4,14-16H2,1-3H3,(H,25,26). The van der Waals surface area contributed by atoms with Crippen molar-refractivity contribution in [1.29, 1.82) is 0 Å². The summed E-state index contributed by atoms with van der Waals surface area (Å²) in [6.07, 6.45) is 4.80. The number of H-pyrrole nitrogens is 1. The molecule has 0 fully saturated rings. The van der Waals surface area contributed by atoms with E-state index in [1.54, 1.807) is 7.11 Å². The van der Waals surface area contributed by atoms with E-state index in [1.807, 2.05) is 30.6 Å². The number of imidazole rings is 2. The summed E-state index contributed by atoms with van der Waals surface area (Å²) in [6, 6.07) is 14.5. The molecule has 2 heterocycles. The molecule has 0 aliphatic carbocycles. The number of aromatic nitrogens is 4. The number of aryl methyl sites for hydroxylation is 1. The van der Waals surface area contributed by atoms with Gasteiger partial charge in [0.15, 0.2) is 0 Å². The molecule has 0 saturated carbocycles. The maximum absolute atomic E-state index is 5.59. The van der Waals surface area contributed by atoms with Crippen molar-refractivity contribution in [2.45, 2.75) is 33.0 Å². The molecular formula is C23H27N5O. The highest BCUT2D eigenvalue weighted by Gasteiger charge is 2.11. The number of methoxy groups -OCH3 is 1. The molecule has 4 rings (SSSR count). The highest BCUT2D eigenvalue weighted by atomic mass is 16.5. The zero-order chi connectivity index (χ0) is 20.2. The minimum Gasteiger partial charge on any atom is -0.496 e. The van der Waals surface area contributed by atoms with Gasteiger partial charge in [0.1, 0.15) is 17.4 Å². The molecule has 29 heavy (non-hydrogen) atoms. The third-order valence-corrected chi connectivity index (χ3v) is 5.11. The van der Waals surface area contributed by atoms with Crippen LogP contribution in [0.4, 0.5) is 0 Å². The molecule has 0 amide bonds. The molecule has 2 aromatic heterocycles. The predicted octanol–water partition coefficient (Wildman–Crippen LogP) is 4.01. The van der Waals surface area contributed by atoms with E-state index >= 15 is 0 Å². The molecule has 150 valence electrons. The Labute approximate surface area is 171 Å². The van der Waals surface area contributed by atoms with Crippen LogP contribution < -0.4 is 4.74 Å². The maximum Gasteiger partial charge on any atom is 0.123 e. The number of rotatable bonds is 8. The molecule has 4 aromatic rings. The van der Waals surface area contributed by atoms with Gasteiger partial charge in [-0.3, -0.25) is 4.90 Å². The van der Waals surface area contributed by atoms with Crippen LogP contribution in [0.15, 0.2) is 54.9 Å². The lowest BCUT2D eigenvalue weighted by Crippen LogP contribution is -2.18. The third kappa shape index (κ3) is 4.32. The Morgan fingerprint density at radius 3 is 2.79 bits per heavy atom. The molecule has 0 unspecified atom stereocenters. The predicted molar refractivity (Wildman–Crippen MR) is 115 cm³/mol. The van der Waals surface area contributed by atoms with Gasteiger partial charge in [-0.05, 0) is 36.9 Å². The Kier molecular flexibility index (Phi) is 5.62. The molecule has 1 N–H and O–H groups in total. The zero-order valence-electron chi connectivity index (χ0n) is 17.2. The molecule has 0 bridgehead atoms. The summed E-state index contributed by atoms with van der Waals surface area (Å²) in [5.74, 6) is 2.97. The fourth-order valence-electron chi connectivity index (χ4n) is 3.74. The molecular weight excluding hydrogens is 362 g/mol. The molecule has 0 radical (unpaired) electrons. The van der Waals surface area contributed by atoms with Crippen molar-refractivity contribution in [1.82, 2.24) is 24.4 Å². The van der Waals surface area contributed by atoms with Gasteiger partial charge in [0.2, 0.25) is 0 Å². The van der Waals surface area contributed by atoms with Crippen molar-refractivity contribution in [2.75, 3.05) is 14.2 Å². The minimum absolute atomic E-state index is 0.757. The molecule has 0 saturated heterocycles. The number of fused-ring (bicyclic) bond motifs is 1. The van der Waals surface area contributed by atoms with E-state index in [2.05, 4.69) is 62.7 Å². The number of benzene rings is 2. The first kappa shape index (κ1) is 19.2. The second-order valence-electron chi connectivity index (χ2n) is 7.34. The van der Waals surface area contributed by atoms with Gasteiger partial charge < -0.3 is 14.3 Å². The Morgan fingerprint density at radius 2 is 2.00 bits per heavy atom. The number of hydrogen-bond acceptors (Lipinski definition) is 4. The van der Waals surface area contributed by atoms with Gasteiger partial charge in [-0.25, -0.2) is 9.97 Å². The quantitative estimate of drug-likeness (QED) is 0.495. The van der Waals surface area contributed by atoms with E-state index in [1.165, 1.54) is 5.56 Å². The summed E-state index contributed by atoms with van der Waals surface area (Å²) >= 11 is 0. The molecule has 0 spiro atoms. The van der Waals surface area contributed by atoms with E-state index in [-0.39, 0.29) is 0 Å². The monoisotopic (exact) mass is 389 g/mol. The van der Waals surface area contributed by atoms with Crippen LogP contribution in [0.3, 0.4) is 0 Å². The van der Waals surface area contributed by atoms with Gasteiger partial charge in [-0.2, -0.15) is 0 Å². The Balaban J connectivity index is 1.49. The van der Waals surface area contributed by atoms with Crippen molar-refractivity contribution in [3.05, 3.63) is 77.6 Å². The Bertz CT molecular complexity index is 1060. The van der Waals surface area contributed by atoms with E-state index in [9.17, 15) is 0 Å². The second kappa shape index (κ2) is 8.49. The highest BCUT2D eigenvalue weighted by Crippen LogP contribution is 2.23. The second-order valence-corrected chi connectivity index (χ2v) is 7.34. The van der Waals surface area contributed by atoms with Crippen LogP contribution in [0.25, 0.3) is 11.0 Å². The smallest absolute Gasteiger partial charge is 0.123 e. The van der Waals surface area contributed by atoms with Crippen molar-refractivity contribution >= 4 is 11.0 Å². The van der Waals surface area contributed by atoms with Crippen LogP contribution in [0, 0.1) is 0 Å². The number of nitrogens with zero attached hydrogens (tertiary/aromatic N) is 4. The molecule has 6 heteroatoms. The lowest BCUT2D eigenvalue weighted by molar-refractivity contribution is 0.311. The van der Waals surface area contributed by atoms with Crippen LogP contribution in [0.2, 0.25) is 0 Å². The van der Waals surface area contributed by atoms with Crippen molar-refractivity contribution in [3.63, 3.8) is 0 Å². The van der Waals surface area contributed by atoms with Gasteiger partial charge >= 0.3 is 0 Å². The average molecular weight is 390 g/mol. The van der Waals surface area contributed by atoms with E-state index < -0.39 is 0 Å². The first-order valence-electron chi connectivity index (χ1n) is 9.94. The van der Waals surface area contributed by atoms with E-state index in [0.29, 0.717) is 0 Å². The largest absolute Gasteiger partial charge is 0.496 e. The van der Waals surface area contributed by atoms with Gasteiger partial charge in [-0.15, -0.1) is 0 Å². The summed E-state index contributed by atoms with van der Waals surface area (Å²) in [4.78, 5) is 14.8. The van der Waals surface area contributed by atoms with Crippen LogP contribution in [0.1, 0.15) is 29.7 Å². The van der Waals surface area contributed by atoms with Crippen LogP contribution in [-0.4, -0.2) is 38.6 Å². The van der Waals surface area contributed by atoms with Crippen molar-refractivity contribution in [3.8, 4) is 5.75 Å². The summed E-state index contributed by atoms with van der Waals surface area (Å²) < 4.78 is 7.77. The van der Waals surface area contributed by atoms with Gasteiger partial charge in [-0.1, -0.05) is 25.1 Å². The van der Waals surface area contributed by atoms with E-state index in [4.69, 9.17) is 4.74 Å². The summed E-state index contributed by atoms with van der Waals surface area (Å²) in [5, 5.41) is 0. The van der Waals surface area contributed by atoms with Crippen LogP contribution >= 0.6 is 0 Å². The number of ether oxygens (including phenoxy) is 1. The first-order chi connectivity index (χ1) is 14.2. The van der Waals surface area contributed by atoms with Crippen LogP contribution in [0.5, 0.6) is 5.75 Å². The number of para-hydroxylation sites is 2. The molecule has 0 aliphatic heterocycles. The van der Waals surface area contributed by atoms with Gasteiger partial charge in [0.25, 0.3) is 0 Å². The summed E-state index contributed by atoms with van der Waals surface area (Å²) in [7, 11) is 3.84. The first-order valence-corrected chi connectivity index (χ1v) is 9.94. The topological polar surface area (TPSA) is 59.0 Å². The number of hydrogen-bond donors (Lipinski definition) is 1. The lowest BCUT2D eigenvalue weighted by atomic mass is 10.1. The van der Waals surface area contributed by atoms with Crippen molar-refractivity contribution in [2.24, 2.45) is 0 Å². The molecule has 6 nitrogen and oxygen atoms in total. The molecule has 2 aromatic carbocycles. The van der Waals surface area contributed by atoms with Gasteiger partial charge in [0.05, 0.1) is 31.2 Å². The third-order valence-electron chi connectivity index (χ3n) is 5.11. The molecule has 0 aliphatic rings. The maximum atomic E-state index is 5.59. The Hall–Kier alpha value is -3.12. The number of aromatic amines is 1. The normalized spacial score (nSPS) is 11.4. The summed E-state index contributed by atoms with van der Waals surface area (Å²) in [6.45, 7) is 4.48.